The molecular formula is C12H24N4O2. The van der Waals surface area contributed by atoms with Gasteiger partial charge in [-0.3, -0.25) is 9.59 Å². The van der Waals surface area contributed by atoms with E-state index in [4.69, 9.17) is 5.73 Å². The molecule has 104 valence electrons. The number of nitrogens with one attached hydrogen (secondary N) is 1. The van der Waals surface area contributed by atoms with E-state index in [9.17, 15) is 9.59 Å². The van der Waals surface area contributed by atoms with Gasteiger partial charge in [0.1, 0.15) is 0 Å². The second-order valence-electron chi connectivity index (χ2n) is 5.29. The minimum absolute atomic E-state index is 0.208. The zero-order chi connectivity index (χ0) is 14.4. The lowest BCUT2D eigenvalue weighted by molar-refractivity contribution is -0.126. The van der Waals surface area contributed by atoms with Crippen LogP contribution in [0.5, 0.6) is 0 Å². The standard InChI is InChI=1S/C12H24N4O2/c1-6-7-8-14-10(18)12(4,5)16-15-11(2,3)9(13)17/h6-8H2,1-5H3,(H2,13,17)(H,14,18). The van der Waals surface area contributed by atoms with E-state index in [2.05, 4.69) is 15.5 Å². The van der Waals surface area contributed by atoms with Crippen LogP contribution in [0.1, 0.15) is 47.5 Å². The van der Waals surface area contributed by atoms with Crippen molar-refractivity contribution in [1.82, 2.24) is 5.32 Å². The van der Waals surface area contributed by atoms with Crippen molar-refractivity contribution in [1.29, 1.82) is 0 Å². The van der Waals surface area contributed by atoms with Gasteiger partial charge in [-0.2, -0.15) is 10.2 Å². The summed E-state index contributed by atoms with van der Waals surface area (Å²) in [7, 11) is 0. The molecule has 0 aliphatic heterocycles. The first-order valence-electron chi connectivity index (χ1n) is 6.15. The van der Waals surface area contributed by atoms with Crippen molar-refractivity contribution in [3.05, 3.63) is 0 Å². The molecule has 6 nitrogen and oxygen atoms in total. The summed E-state index contributed by atoms with van der Waals surface area (Å²) in [6.07, 6.45) is 1.93. The average molecular weight is 256 g/mol. The van der Waals surface area contributed by atoms with E-state index < -0.39 is 17.0 Å². The third-order valence-corrected chi connectivity index (χ3v) is 2.52. The monoisotopic (exact) mass is 256 g/mol. The van der Waals surface area contributed by atoms with Crippen molar-refractivity contribution in [2.24, 2.45) is 16.0 Å². The molecule has 0 radical (unpaired) electrons. The molecule has 0 bridgehead atoms. The first-order chi connectivity index (χ1) is 8.13. The molecule has 0 aromatic carbocycles. The van der Waals surface area contributed by atoms with E-state index >= 15 is 0 Å². The van der Waals surface area contributed by atoms with Crippen LogP contribution in [0.25, 0.3) is 0 Å². The first-order valence-corrected chi connectivity index (χ1v) is 6.15. The van der Waals surface area contributed by atoms with Gasteiger partial charge in [0.25, 0.3) is 0 Å². The van der Waals surface area contributed by atoms with Crippen LogP contribution in [0.3, 0.4) is 0 Å². The average Bonchev–Trinajstić information content (AvgIpc) is 2.26. The Balaban J connectivity index is 4.59. The van der Waals surface area contributed by atoms with Crippen LogP contribution in [0.4, 0.5) is 0 Å². The van der Waals surface area contributed by atoms with Gasteiger partial charge in [0, 0.05) is 6.54 Å². The normalized spacial score (nSPS) is 12.7. The molecule has 6 heteroatoms. The van der Waals surface area contributed by atoms with Crippen molar-refractivity contribution in [2.45, 2.75) is 58.5 Å². The van der Waals surface area contributed by atoms with Gasteiger partial charge < -0.3 is 11.1 Å². The van der Waals surface area contributed by atoms with E-state index in [0.29, 0.717) is 6.54 Å². The Labute approximate surface area is 108 Å². The van der Waals surface area contributed by atoms with Gasteiger partial charge in [0.15, 0.2) is 11.1 Å². The summed E-state index contributed by atoms with van der Waals surface area (Å²) in [5.41, 5.74) is 3.08. The zero-order valence-corrected chi connectivity index (χ0v) is 11.9. The van der Waals surface area contributed by atoms with Crippen molar-refractivity contribution in [3.8, 4) is 0 Å². The second-order valence-corrected chi connectivity index (χ2v) is 5.29. The molecule has 0 aliphatic carbocycles. The fourth-order valence-electron chi connectivity index (χ4n) is 0.940. The van der Waals surface area contributed by atoms with Crippen LogP contribution in [0.2, 0.25) is 0 Å². The van der Waals surface area contributed by atoms with Crippen LogP contribution in [0, 0.1) is 0 Å². The molecule has 0 fully saturated rings. The predicted molar refractivity (Wildman–Crippen MR) is 70.1 cm³/mol. The molecule has 0 atom stereocenters. The van der Waals surface area contributed by atoms with Gasteiger partial charge in [-0.1, -0.05) is 13.3 Å². The minimum Gasteiger partial charge on any atom is -0.368 e. The number of amides is 2. The molecule has 0 aliphatic rings. The molecule has 2 amide bonds. The van der Waals surface area contributed by atoms with E-state index in [1.54, 1.807) is 27.7 Å². The Morgan fingerprint density at radius 1 is 1.11 bits per heavy atom. The van der Waals surface area contributed by atoms with Gasteiger partial charge in [-0.05, 0) is 34.1 Å². The Hall–Kier alpha value is -1.46. The van der Waals surface area contributed by atoms with Crippen LogP contribution < -0.4 is 11.1 Å². The Morgan fingerprint density at radius 3 is 2.06 bits per heavy atom. The fraction of sp³-hybridized carbons (Fsp3) is 0.833. The number of hydrogen-bond donors (Lipinski definition) is 2. The molecule has 0 aromatic heterocycles. The highest BCUT2D eigenvalue weighted by molar-refractivity contribution is 5.86. The van der Waals surface area contributed by atoms with Gasteiger partial charge in [-0.15, -0.1) is 0 Å². The number of unbranched alkanes of at least 4 members (excludes halogenated alkanes) is 1. The number of hydrogen-bond acceptors (Lipinski definition) is 4. The van der Waals surface area contributed by atoms with E-state index in [1.165, 1.54) is 0 Å². The Morgan fingerprint density at radius 2 is 1.61 bits per heavy atom. The number of azo groups is 1. The minimum atomic E-state index is -1.10. The van der Waals surface area contributed by atoms with Gasteiger partial charge in [0.05, 0.1) is 0 Å². The van der Waals surface area contributed by atoms with Crippen LogP contribution in [-0.4, -0.2) is 29.4 Å². The maximum absolute atomic E-state index is 11.8. The molecule has 0 saturated carbocycles. The number of primary amides is 1. The van der Waals surface area contributed by atoms with Crippen LogP contribution in [-0.2, 0) is 9.59 Å². The molecule has 18 heavy (non-hydrogen) atoms. The smallest absolute Gasteiger partial charge is 0.249 e. The topological polar surface area (TPSA) is 96.9 Å². The lowest BCUT2D eigenvalue weighted by Gasteiger charge is -2.20. The number of nitrogens with two attached hydrogens (primary N) is 1. The molecule has 0 saturated heterocycles. The zero-order valence-electron chi connectivity index (χ0n) is 11.9. The summed E-state index contributed by atoms with van der Waals surface area (Å²) in [5.74, 6) is -0.784. The molecule has 0 unspecified atom stereocenters. The number of carbonyl (C=O) groups is 2. The number of nitrogens with zero attached hydrogens (tertiary/aromatic N) is 2. The summed E-state index contributed by atoms with van der Waals surface area (Å²) < 4.78 is 0. The van der Waals surface area contributed by atoms with E-state index in [-0.39, 0.29) is 5.91 Å². The van der Waals surface area contributed by atoms with Crippen LogP contribution in [0.15, 0.2) is 10.2 Å². The Kier molecular flexibility index (Phi) is 5.94. The van der Waals surface area contributed by atoms with E-state index in [0.717, 1.165) is 12.8 Å². The van der Waals surface area contributed by atoms with Crippen LogP contribution >= 0.6 is 0 Å². The highest BCUT2D eigenvalue weighted by Crippen LogP contribution is 2.15. The summed E-state index contributed by atoms with van der Waals surface area (Å²) in [6, 6.07) is 0. The molecule has 0 spiro atoms. The Bertz CT molecular complexity index is 335. The number of carbonyl (C=O) groups excluding carboxylic acids is 2. The maximum Gasteiger partial charge on any atom is 0.249 e. The van der Waals surface area contributed by atoms with Gasteiger partial charge in [0.2, 0.25) is 11.8 Å². The highest BCUT2D eigenvalue weighted by Gasteiger charge is 2.30. The summed E-state index contributed by atoms with van der Waals surface area (Å²) in [6.45, 7) is 9.08. The van der Waals surface area contributed by atoms with Crippen molar-refractivity contribution in [3.63, 3.8) is 0 Å². The highest BCUT2D eigenvalue weighted by atomic mass is 16.2. The van der Waals surface area contributed by atoms with E-state index in [1.807, 2.05) is 6.92 Å². The first kappa shape index (κ1) is 16.5. The van der Waals surface area contributed by atoms with Gasteiger partial charge >= 0.3 is 0 Å². The summed E-state index contributed by atoms with van der Waals surface area (Å²) in [5, 5.41) is 10.6. The lowest BCUT2D eigenvalue weighted by Crippen LogP contribution is -2.42. The molecule has 0 heterocycles. The molecule has 3 N–H and O–H groups in total. The maximum atomic E-state index is 11.8. The van der Waals surface area contributed by atoms with Crippen molar-refractivity contribution in [2.75, 3.05) is 6.54 Å². The third kappa shape index (κ3) is 5.25. The fourth-order valence-corrected chi connectivity index (χ4v) is 0.940. The molecule has 0 rings (SSSR count). The lowest BCUT2D eigenvalue weighted by atomic mass is 10.1. The SMILES string of the molecule is CCCCNC(=O)C(C)(C)N=NC(C)(C)C(N)=O. The second kappa shape index (κ2) is 6.47. The van der Waals surface area contributed by atoms with Crippen molar-refractivity contribution < 1.29 is 9.59 Å². The molecular weight excluding hydrogens is 232 g/mol. The largest absolute Gasteiger partial charge is 0.368 e. The molecule has 0 aromatic rings. The van der Waals surface area contributed by atoms with Crippen molar-refractivity contribution >= 4 is 11.8 Å². The number of rotatable bonds is 7. The van der Waals surface area contributed by atoms with Gasteiger partial charge in [-0.25, -0.2) is 0 Å². The quantitative estimate of drug-likeness (QED) is 0.531. The summed E-state index contributed by atoms with van der Waals surface area (Å²) >= 11 is 0. The summed E-state index contributed by atoms with van der Waals surface area (Å²) in [4.78, 5) is 22.9. The third-order valence-electron chi connectivity index (χ3n) is 2.52. The predicted octanol–water partition coefficient (Wildman–Crippen LogP) is 1.40.